The maximum absolute atomic E-state index is 5.19. The first kappa shape index (κ1) is 9.26. The van der Waals surface area contributed by atoms with Gasteiger partial charge in [-0.25, -0.2) is 0 Å². The minimum absolute atomic E-state index is 0.511. The molecule has 0 aromatic rings. The number of nitrogens with zero attached hydrogens (tertiary/aromatic N) is 2. The van der Waals surface area contributed by atoms with Gasteiger partial charge < -0.3 is 10.6 Å². The number of piperidine rings is 1. The molecule has 1 fully saturated rings. The van der Waals surface area contributed by atoms with E-state index in [1.165, 1.54) is 19.0 Å². The lowest BCUT2D eigenvalue weighted by Crippen LogP contribution is -2.31. The summed E-state index contributed by atoms with van der Waals surface area (Å²) in [6.07, 6.45) is 7.43. The van der Waals surface area contributed by atoms with Gasteiger partial charge in [-0.15, -0.1) is 0 Å². The van der Waals surface area contributed by atoms with Gasteiger partial charge in [0.05, 0.1) is 6.04 Å². The number of hydrogen-bond donors (Lipinski definition) is 1. The molecule has 2 N–H and O–H groups in total. The van der Waals surface area contributed by atoms with Crippen molar-refractivity contribution in [2.75, 3.05) is 20.1 Å². The summed E-state index contributed by atoms with van der Waals surface area (Å²) < 4.78 is 0. The van der Waals surface area contributed by atoms with Gasteiger partial charge in [0.2, 0.25) is 0 Å². The molecule has 1 saturated heterocycles. The number of allylic oxidation sites excluding steroid dienone is 1. The van der Waals surface area contributed by atoms with Gasteiger partial charge in [0, 0.05) is 6.21 Å². The van der Waals surface area contributed by atoms with Crippen molar-refractivity contribution in [1.82, 2.24) is 4.90 Å². The minimum atomic E-state index is 0.511. The highest BCUT2D eigenvalue weighted by Gasteiger charge is 2.13. The molecule has 68 valence electrons. The van der Waals surface area contributed by atoms with Crippen molar-refractivity contribution in [2.24, 2.45) is 10.7 Å². The third kappa shape index (κ3) is 3.05. The van der Waals surface area contributed by atoms with Crippen LogP contribution < -0.4 is 5.73 Å². The Labute approximate surface area is 74.0 Å². The molecule has 3 heteroatoms. The maximum atomic E-state index is 5.19. The molecule has 1 heterocycles. The number of rotatable bonds is 2. The van der Waals surface area contributed by atoms with E-state index in [0.29, 0.717) is 6.04 Å². The molecule has 1 aliphatic heterocycles. The summed E-state index contributed by atoms with van der Waals surface area (Å²) in [5, 5.41) is 0. The van der Waals surface area contributed by atoms with Crippen LogP contribution in [-0.2, 0) is 0 Å². The predicted molar refractivity (Wildman–Crippen MR) is 52.3 cm³/mol. The van der Waals surface area contributed by atoms with Crippen LogP contribution in [0.2, 0.25) is 0 Å². The van der Waals surface area contributed by atoms with E-state index in [1.807, 2.05) is 0 Å². The lowest BCUT2D eigenvalue weighted by molar-refractivity contribution is 0.257. The van der Waals surface area contributed by atoms with E-state index >= 15 is 0 Å². The Hall–Kier alpha value is -0.830. The second kappa shape index (κ2) is 4.93. The first-order valence-electron chi connectivity index (χ1n) is 4.41. The van der Waals surface area contributed by atoms with E-state index in [2.05, 4.69) is 16.9 Å². The number of hydrogen-bond acceptors (Lipinski definition) is 3. The third-order valence-corrected chi connectivity index (χ3v) is 2.18. The monoisotopic (exact) mass is 167 g/mol. The van der Waals surface area contributed by atoms with Crippen molar-refractivity contribution in [2.45, 2.75) is 18.9 Å². The molecule has 0 radical (unpaired) electrons. The molecule has 1 rings (SSSR count). The average Bonchev–Trinajstić information content (AvgIpc) is 2.09. The Morgan fingerprint density at radius 2 is 2.08 bits per heavy atom. The van der Waals surface area contributed by atoms with E-state index in [1.54, 1.807) is 12.3 Å². The summed E-state index contributed by atoms with van der Waals surface area (Å²) in [6, 6.07) is 0.511. The Kier molecular flexibility index (Phi) is 3.80. The summed E-state index contributed by atoms with van der Waals surface area (Å²) in [6.45, 7) is 2.32. The highest BCUT2D eigenvalue weighted by Crippen LogP contribution is 2.10. The van der Waals surface area contributed by atoms with Crippen molar-refractivity contribution >= 4 is 6.21 Å². The van der Waals surface area contributed by atoms with Crippen LogP contribution in [0.4, 0.5) is 0 Å². The number of likely N-dealkylation sites (tertiary alicyclic amines) is 1. The van der Waals surface area contributed by atoms with Gasteiger partial charge in [-0.05, 0) is 45.3 Å². The summed E-state index contributed by atoms with van der Waals surface area (Å²) in [5.74, 6) is 0. The van der Waals surface area contributed by atoms with Crippen molar-refractivity contribution in [3.63, 3.8) is 0 Å². The Bertz CT molecular complexity index is 167. The Morgan fingerprint density at radius 1 is 1.42 bits per heavy atom. The molecule has 0 saturated carbocycles. The van der Waals surface area contributed by atoms with Gasteiger partial charge in [-0.1, -0.05) is 0 Å². The lowest BCUT2D eigenvalue weighted by Gasteiger charge is -2.26. The zero-order valence-electron chi connectivity index (χ0n) is 7.61. The third-order valence-electron chi connectivity index (χ3n) is 2.18. The van der Waals surface area contributed by atoms with Crippen LogP contribution in [-0.4, -0.2) is 37.3 Å². The van der Waals surface area contributed by atoms with E-state index in [9.17, 15) is 0 Å². The van der Waals surface area contributed by atoms with E-state index < -0.39 is 0 Å². The molecule has 0 aliphatic carbocycles. The smallest absolute Gasteiger partial charge is 0.0523 e. The van der Waals surface area contributed by atoms with Crippen molar-refractivity contribution in [3.8, 4) is 0 Å². The van der Waals surface area contributed by atoms with Crippen molar-refractivity contribution in [1.29, 1.82) is 0 Å². The Morgan fingerprint density at radius 3 is 2.67 bits per heavy atom. The van der Waals surface area contributed by atoms with Crippen LogP contribution in [0.1, 0.15) is 12.8 Å². The SMILES string of the molecule is CN1CCC(N=CC=CN)CC1. The normalized spacial score (nSPS) is 22.8. The van der Waals surface area contributed by atoms with Crippen molar-refractivity contribution < 1.29 is 0 Å². The highest BCUT2D eigenvalue weighted by atomic mass is 15.1. The molecule has 0 bridgehead atoms. The van der Waals surface area contributed by atoms with Crippen LogP contribution in [0.15, 0.2) is 17.3 Å². The minimum Gasteiger partial charge on any atom is -0.405 e. The van der Waals surface area contributed by atoms with Gasteiger partial charge in [0.1, 0.15) is 0 Å². The second-order valence-corrected chi connectivity index (χ2v) is 3.22. The summed E-state index contributed by atoms with van der Waals surface area (Å²) in [7, 11) is 2.15. The topological polar surface area (TPSA) is 41.6 Å². The fourth-order valence-electron chi connectivity index (χ4n) is 1.37. The molecule has 1 aliphatic rings. The first-order chi connectivity index (χ1) is 5.83. The summed E-state index contributed by atoms with van der Waals surface area (Å²) >= 11 is 0. The van der Waals surface area contributed by atoms with Gasteiger partial charge in [0.25, 0.3) is 0 Å². The Balaban J connectivity index is 2.25. The van der Waals surface area contributed by atoms with Gasteiger partial charge >= 0.3 is 0 Å². The van der Waals surface area contributed by atoms with Crippen LogP contribution in [0.25, 0.3) is 0 Å². The largest absolute Gasteiger partial charge is 0.405 e. The van der Waals surface area contributed by atoms with E-state index in [-0.39, 0.29) is 0 Å². The predicted octanol–water partition coefficient (Wildman–Crippen LogP) is 0.624. The molecule has 0 aromatic carbocycles. The maximum Gasteiger partial charge on any atom is 0.0523 e. The van der Waals surface area contributed by atoms with E-state index in [4.69, 9.17) is 5.73 Å². The molecule has 0 atom stereocenters. The number of aliphatic imine (C=N–C) groups is 1. The van der Waals surface area contributed by atoms with Crippen molar-refractivity contribution in [3.05, 3.63) is 12.3 Å². The fourth-order valence-corrected chi connectivity index (χ4v) is 1.37. The summed E-state index contributed by atoms with van der Waals surface area (Å²) in [5.41, 5.74) is 5.19. The molecular weight excluding hydrogens is 150 g/mol. The molecular formula is C9H17N3. The molecule has 0 spiro atoms. The molecule has 0 amide bonds. The molecule has 12 heavy (non-hydrogen) atoms. The second-order valence-electron chi connectivity index (χ2n) is 3.22. The fraction of sp³-hybridized carbons (Fsp3) is 0.667. The average molecular weight is 167 g/mol. The first-order valence-corrected chi connectivity index (χ1v) is 4.41. The van der Waals surface area contributed by atoms with Crippen LogP contribution in [0, 0.1) is 0 Å². The zero-order chi connectivity index (χ0) is 8.81. The van der Waals surface area contributed by atoms with Crippen LogP contribution >= 0.6 is 0 Å². The van der Waals surface area contributed by atoms with Crippen LogP contribution in [0.3, 0.4) is 0 Å². The lowest BCUT2D eigenvalue weighted by atomic mass is 10.1. The quantitative estimate of drug-likeness (QED) is 0.613. The van der Waals surface area contributed by atoms with E-state index in [0.717, 1.165) is 13.1 Å². The van der Waals surface area contributed by atoms with Gasteiger partial charge in [0.15, 0.2) is 0 Å². The molecule has 0 aromatic heterocycles. The molecule has 3 nitrogen and oxygen atoms in total. The summed E-state index contributed by atoms with van der Waals surface area (Å²) in [4.78, 5) is 6.73. The van der Waals surface area contributed by atoms with Gasteiger partial charge in [-0.2, -0.15) is 0 Å². The highest BCUT2D eigenvalue weighted by molar-refractivity contribution is 5.70. The molecule has 0 unspecified atom stereocenters. The number of nitrogens with two attached hydrogens (primary N) is 1. The standard InChI is InChI=1S/C9H17N3/c1-12-7-3-9(4-8-12)11-6-2-5-10/h2,5-6,9H,3-4,7-8,10H2,1H3. The zero-order valence-corrected chi connectivity index (χ0v) is 7.61. The van der Waals surface area contributed by atoms with Crippen LogP contribution in [0.5, 0.6) is 0 Å². The van der Waals surface area contributed by atoms with Gasteiger partial charge in [-0.3, -0.25) is 4.99 Å².